The Kier molecular flexibility index (Phi) is 4.97. The molecule has 2 N–H and O–H groups in total. The largest absolute Gasteiger partial charge is 0.340 e. The summed E-state index contributed by atoms with van der Waals surface area (Å²) in [7, 11) is 0. The van der Waals surface area contributed by atoms with Crippen LogP contribution in [0.25, 0.3) is 0 Å². The van der Waals surface area contributed by atoms with E-state index in [1.807, 2.05) is 23.1 Å². The first kappa shape index (κ1) is 14.1. The van der Waals surface area contributed by atoms with Crippen LogP contribution in [0.5, 0.6) is 0 Å². The van der Waals surface area contributed by atoms with Crippen molar-refractivity contribution in [2.75, 3.05) is 13.1 Å². The molecule has 1 heterocycles. The lowest BCUT2D eigenvalue weighted by Crippen LogP contribution is -2.32. The van der Waals surface area contributed by atoms with E-state index in [9.17, 15) is 4.79 Å². The van der Waals surface area contributed by atoms with Crippen LogP contribution in [0.2, 0.25) is 0 Å². The summed E-state index contributed by atoms with van der Waals surface area (Å²) in [6.45, 7) is 3.63. The molecule has 1 aromatic carbocycles. The Labute approximate surface area is 115 Å². The number of benzene rings is 1. The second kappa shape index (κ2) is 6.71. The number of unbranched alkanes of at least 4 members (excludes halogenated alkanes) is 2. The van der Waals surface area contributed by atoms with Gasteiger partial charge in [-0.15, -0.1) is 0 Å². The molecule has 1 amide bonds. The fourth-order valence-corrected chi connectivity index (χ4v) is 2.77. The van der Waals surface area contributed by atoms with Gasteiger partial charge in [-0.1, -0.05) is 50.1 Å². The van der Waals surface area contributed by atoms with Crippen molar-refractivity contribution in [3.63, 3.8) is 0 Å². The van der Waals surface area contributed by atoms with Crippen LogP contribution < -0.4 is 5.73 Å². The van der Waals surface area contributed by atoms with Crippen molar-refractivity contribution in [3.05, 3.63) is 35.9 Å². The zero-order valence-corrected chi connectivity index (χ0v) is 11.7. The van der Waals surface area contributed by atoms with E-state index < -0.39 is 0 Å². The molecule has 1 aliphatic rings. The van der Waals surface area contributed by atoms with E-state index in [0.717, 1.165) is 25.8 Å². The van der Waals surface area contributed by atoms with Crippen LogP contribution in [-0.4, -0.2) is 29.9 Å². The van der Waals surface area contributed by atoms with Gasteiger partial charge in [0.2, 0.25) is 5.91 Å². The summed E-state index contributed by atoms with van der Waals surface area (Å²) in [5.41, 5.74) is 7.45. The molecular formula is C16H24N2O. The van der Waals surface area contributed by atoms with E-state index in [-0.39, 0.29) is 17.9 Å². The molecular weight excluding hydrogens is 236 g/mol. The monoisotopic (exact) mass is 260 g/mol. The Hall–Kier alpha value is -1.35. The van der Waals surface area contributed by atoms with Crippen LogP contribution in [0.4, 0.5) is 0 Å². The highest BCUT2D eigenvalue weighted by atomic mass is 16.2. The van der Waals surface area contributed by atoms with Crippen molar-refractivity contribution < 1.29 is 4.79 Å². The summed E-state index contributed by atoms with van der Waals surface area (Å²) in [6, 6.07) is 10.4. The lowest BCUT2D eigenvalue weighted by atomic mass is 9.95. The summed E-state index contributed by atoms with van der Waals surface area (Å²) >= 11 is 0. The summed E-state index contributed by atoms with van der Waals surface area (Å²) in [5, 5.41) is 0. The average molecular weight is 260 g/mol. The van der Waals surface area contributed by atoms with Crippen molar-refractivity contribution in [2.45, 2.75) is 44.6 Å². The number of hydrogen-bond donors (Lipinski definition) is 1. The maximum atomic E-state index is 12.1. The molecule has 1 aromatic rings. The van der Waals surface area contributed by atoms with Gasteiger partial charge in [-0.2, -0.15) is 0 Å². The smallest absolute Gasteiger partial charge is 0.222 e. The van der Waals surface area contributed by atoms with Gasteiger partial charge in [-0.25, -0.2) is 0 Å². The number of nitrogens with two attached hydrogens (primary N) is 1. The highest BCUT2D eigenvalue weighted by Gasteiger charge is 2.33. The standard InChI is InChI=1S/C16H24N2O/c1-2-3-5-10-16(19)18-11-14(15(17)12-18)13-8-6-4-7-9-13/h4,6-9,14-15H,2-3,5,10-12,17H2,1H3/t14-,15+/m0/s1. The van der Waals surface area contributed by atoms with Gasteiger partial charge >= 0.3 is 0 Å². The molecule has 0 unspecified atom stereocenters. The van der Waals surface area contributed by atoms with Crippen LogP contribution >= 0.6 is 0 Å². The predicted octanol–water partition coefficient (Wildman–Crippen LogP) is 2.52. The third-order valence-electron chi connectivity index (χ3n) is 3.94. The Bertz CT molecular complexity index is 404. The number of rotatable bonds is 5. The van der Waals surface area contributed by atoms with Gasteiger partial charge in [0.05, 0.1) is 0 Å². The van der Waals surface area contributed by atoms with E-state index in [2.05, 4.69) is 19.1 Å². The van der Waals surface area contributed by atoms with Crippen molar-refractivity contribution >= 4 is 5.91 Å². The van der Waals surface area contributed by atoms with Gasteiger partial charge in [-0.3, -0.25) is 4.79 Å². The minimum atomic E-state index is 0.0672. The highest BCUT2D eigenvalue weighted by Crippen LogP contribution is 2.26. The maximum absolute atomic E-state index is 12.1. The first-order valence-corrected chi connectivity index (χ1v) is 7.30. The second-order valence-corrected chi connectivity index (χ2v) is 5.44. The van der Waals surface area contributed by atoms with Gasteiger partial charge < -0.3 is 10.6 Å². The Morgan fingerprint density at radius 2 is 2.00 bits per heavy atom. The number of nitrogens with zero attached hydrogens (tertiary/aromatic N) is 1. The fourth-order valence-electron chi connectivity index (χ4n) is 2.77. The number of carbonyl (C=O) groups excluding carboxylic acids is 1. The number of carbonyl (C=O) groups is 1. The lowest BCUT2D eigenvalue weighted by molar-refractivity contribution is -0.130. The normalized spacial score (nSPS) is 22.7. The third-order valence-corrected chi connectivity index (χ3v) is 3.94. The number of likely N-dealkylation sites (tertiary alicyclic amines) is 1. The van der Waals surface area contributed by atoms with Crippen LogP contribution in [-0.2, 0) is 4.79 Å². The van der Waals surface area contributed by atoms with Crippen molar-refractivity contribution in [3.8, 4) is 0 Å². The van der Waals surface area contributed by atoms with Crippen LogP contribution in [0, 0.1) is 0 Å². The van der Waals surface area contributed by atoms with Crippen molar-refractivity contribution in [2.24, 2.45) is 5.73 Å². The summed E-state index contributed by atoms with van der Waals surface area (Å²) < 4.78 is 0. The van der Waals surface area contributed by atoms with Gasteiger partial charge in [0.1, 0.15) is 0 Å². The quantitative estimate of drug-likeness (QED) is 0.827. The molecule has 1 aliphatic heterocycles. The van der Waals surface area contributed by atoms with E-state index >= 15 is 0 Å². The predicted molar refractivity (Wildman–Crippen MR) is 77.9 cm³/mol. The van der Waals surface area contributed by atoms with Crippen molar-refractivity contribution in [1.82, 2.24) is 4.90 Å². The van der Waals surface area contributed by atoms with Crippen LogP contribution in [0.1, 0.15) is 44.1 Å². The molecule has 1 fully saturated rings. The third kappa shape index (κ3) is 3.57. The van der Waals surface area contributed by atoms with Gasteiger partial charge in [-0.05, 0) is 12.0 Å². The minimum Gasteiger partial charge on any atom is -0.340 e. The zero-order valence-electron chi connectivity index (χ0n) is 11.7. The van der Waals surface area contributed by atoms with Gasteiger partial charge in [0.25, 0.3) is 0 Å². The molecule has 19 heavy (non-hydrogen) atoms. The Morgan fingerprint density at radius 1 is 1.26 bits per heavy atom. The number of hydrogen-bond acceptors (Lipinski definition) is 2. The Morgan fingerprint density at radius 3 is 2.68 bits per heavy atom. The average Bonchev–Trinajstić information content (AvgIpc) is 2.82. The summed E-state index contributed by atoms with van der Waals surface area (Å²) in [6.07, 6.45) is 3.95. The topological polar surface area (TPSA) is 46.3 Å². The minimum absolute atomic E-state index is 0.0672. The molecule has 0 saturated carbocycles. The Balaban J connectivity index is 1.92. The van der Waals surface area contributed by atoms with E-state index in [4.69, 9.17) is 5.73 Å². The SMILES string of the molecule is CCCCCC(=O)N1C[C@@H](N)[C@H](c2ccccc2)C1. The molecule has 2 atom stereocenters. The first-order chi connectivity index (χ1) is 9.22. The molecule has 2 rings (SSSR count). The van der Waals surface area contributed by atoms with E-state index in [0.29, 0.717) is 13.0 Å². The van der Waals surface area contributed by atoms with Gasteiger partial charge in [0, 0.05) is 31.5 Å². The summed E-state index contributed by atoms with van der Waals surface area (Å²) in [4.78, 5) is 14.1. The zero-order chi connectivity index (χ0) is 13.7. The maximum Gasteiger partial charge on any atom is 0.222 e. The first-order valence-electron chi connectivity index (χ1n) is 7.30. The van der Waals surface area contributed by atoms with Crippen LogP contribution in [0.15, 0.2) is 30.3 Å². The fraction of sp³-hybridized carbons (Fsp3) is 0.562. The molecule has 0 radical (unpaired) electrons. The molecule has 104 valence electrons. The molecule has 0 aromatic heterocycles. The van der Waals surface area contributed by atoms with E-state index in [1.54, 1.807) is 0 Å². The van der Waals surface area contributed by atoms with Crippen LogP contribution in [0.3, 0.4) is 0 Å². The number of amides is 1. The van der Waals surface area contributed by atoms with E-state index in [1.165, 1.54) is 5.56 Å². The molecule has 0 spiro atoms. The molecule has 0 bridgehead atoms. The summed E-state index contributed by atoms with van der Waals surface area (Å²) in [5.74, 6) is 0.554. The lowest BCUT2D eigenvalue weighted by Gasteiger charge is -2.16. The second-order valence-electron chi connectivity index (χ2n) is 5.44. The van der Waals surface area contributed by atoms with Crippen molar-refractivity contribution in [1.29, 1.82) is 0 Å². The molecule has 0 aliphatic carbocycles. The molecule has 1 saturated heterocycles. The highest BCUT2D eigenvalue weighted by molar-refractivity contribution is 5.76. The molecule has 3 heteroatoms. The van der Waals surface area contributed by atoms with Gasteiger partial charge in [0.15, 0.2) is 0 Å². The molecule has 3 nitrogen and oxygen atoms in total.